The second-order valence-corrected chi connectivity index (χ2v) is 11.8. The summed E-state index contributed by atoms with van der Waals surface area (Å²) in [4.78, 5) is 14.0. The Kier molecular flexibility index (Phi) is 4.95. The number of nitrogens with zero attached hydrogens (tertiary/aromatic N) is 1. The highest BCUT2D eigenvalue weighted by Gasteiger charge is 2.38. The van der Waals surface area contributed by atoms with Crippen molar-refractivity contribution in [1.29, 1.82) is 0 Å². The Labute approximate surface area is 176 Å². The van der Waals surface area contributed by atoms with Gasteiger partial charge in [-0.05, 0) is 34.2 Å². The van der Waals surface area contributed by atoms with Crippen LogP contribution in [-0.4, -0.2) is 27.7 Å². The number of carbonyl (C=O) groups is 1. The molecule has 0 radical (unpaired) electrons. The summed E-state index contributed by atoms with van der Waals surface area (Å²) in [5, 5.41) is 4.33. The summed E-state index contributed by atoms with van der Waals surface area (Å²) in [7, 11) is 0. The summed E-state index contributed by atoms with van der Waals surface area (Å²) in [5.74, 6) is 3.65. The number of hydrogen-bond acceptors (Lipinski definition) is 2. The van der Waals surface area contributed by atoms with E-state index in [-0.39, 0.29) is 5.91 Å². The van der Waals surface area contributed by atoms with Crippen LogP contribution in [0.1, 0.15) is 6.42 Å². The van der Waals surface area contributed by atoms with Crippen LogP contribution in [0.5, 0.6) is 0 Å². The van der Waals surface area contributed by atoms with Crippen molar-refractivity contribution in [2.24, 2.45) is 0 Å². The summed E-state index contributed by atoms with van der Waals surface area (Å²) in [6.45, 7) is -2.01. The van der Waals surface area contributed by atoms with Crippen LogP contribution in [0.25, 0.3) is 0 Å². The first-order chi connectivity index (χ1) is 14.3. The molecule has 2 nitrogen and oxygen atoms in total. The molecule has 4 heteroatoms. The average molecular weight is 415 g/mol. The number of rotatable bonds is 4. The molecule has 1 amide bonds. The van der Waals surface area contributed by atoms with Gasteiger partial charge in [-0.2, -0.15) is 0 Å². The van der Waals surface area contributed by atoms with Crippen LogP contribution in [0.2, 0.25) is 0 Å². The van der Waals surface area contributed by atoms with E-state index in [1.54, 1.807) is 0 Å². The molecule has 0 unspecified atom stereocenters. The van der Waals surface area contributed by atoms with Crippen molar-refractivity contribution in [3.05, 3.63) is 103 Å². The van der Waals surface area contributed by atoms with Crippen molar-refractivity contribution in [1.82, 2.24) is 4.90 Å². The molecule has 2 aliphatic heterocycles. The maximum absolute atomic E-state index is 12.0. The first-order valence-corrected chi connectivity index (χ1v) is 12.7. The van der Waals surface area contributed by atoms with Crippen molar-refractivity contribution in [2.75, 3.05) is 5.75 Å². The molecular formula is C25H22NOPS. The van der Waals surface area contributed by atoms with Crippen LogP contribution in [0.3, 0.4) is 0 Å². The third kappa shape index (κ3) is 3.29. The molecule has 2 aliphatic rings. The van der Waals surface area contributed by atoms with Crippen LogP contribution in [0, 0.1) is 0 Å². The minimum Gasteiger partial charge on any atom is -0.306 e. The SMILES string of the molecule is O=C1C[C@@H]2SCC(C=P(c3ccccc3)(c3ccccc3)c3ccccc3)=CN12. The molecule has 0 spiro atoms. The van der Waals surface area contributed by atoms with Crippen molar-refractivity contribution in [3.8, 4) is 0 Å². The van der Waals surface area contributed by atoms with Gasteiger partial charge in [0.2, 0.25) is 5.91 Å². The van der Waals surface area contributed by atoms with Gasteiger partial charge in [-0.15, -0.1) is 11.8 Å². The van der Waals surface area contributed by atoms with Gasteiger partial charge in [0.15, 0.2) is 0 Å². The fourth-order valence-corrected chi connectivity index (χ4v) is 9.27. The third-order valence-corrected chi connectivity index (χ3v) is 10.9. The van der Waals surface area contributed by atoms with E-state index in [1.165, 1.54) is 21.5 Å². The van der Waals surface area contributed by atoms with E-state index in [1.807, 2.05) is 16.7 Å². The highest BCUT2D eigenvalue weighted by atomic mass is 32.2. The van der Waals surface area contributed by atoms with E-state index in [2.05, 4.69) is 103 Å². The lowest BCUT2D eigenvalue weighted by Crippen LogP contribution is -2.49. The van der Waals surface area contributed by atoms with Gasteiger partial charge < -0.3 is 4.90 Å². The molecular weight excluding hydrogens is 393 g/mol. The lowest BCUT2D eigenvalue weighted by atomic mass is 10.2. The van der Waals surface area contributed by atoms with E-state index >= 15 is 0 Å². The fraction of sp³-hybridized carbons (Fsp3) is 0.120. The Morgan fingerprint density at radius 2 is 1.28 bits per heavy atom. The first-order valence-electron chi connectivity index (χ1n) is 9.82. The minimum atomic E-state index is -2.01. The Hall–Kier alpha value is -2.48. The lowest BCUT2D eigenvalue weighted by Gasteiger charge is -2.41. The molecule has 1 fully saturated rings. The summed E-state index contributed by atoms with van der Waals surface area (Å²) in [6.07, 6.45) is 2.77. The quantitative estimate of drug-likeness (QED) is 0.475. The molecule has 0 N–H and O–H groups in total. The summed E-state index contributed by atoms with van der Waals surface area (Å²) in [6, 6.07) is 32.5. The van der Waals surface area contributed by atoms with Crippen LogP contribution >= 0.6 is 18.6 Å². The lowest BCUT2D eigenvalue weighted by molar-refractivity contribution is -0.137. The Balaban J connectivity index is 1.80. The Morgan fingerprint density at radius 3 is 1.72 bits per heavy atom. The zero-order valence-corrected chi connectivity index (χ0v) is 17.7. The predicted molar refractivity (Wildman–Crippen MR) is 127 cm³/mol. The maximum Gasteiger partial charge on any atom is 0.230 e. The van der Waals surface area contributed by atoms with Crippen molar-refractivity contribution in [3.63, 3.8) is 0 Å². The molecule has 0 saturated carbocycles. The molecule has 0 bridgehead atoms. The van der Waals surface area contributed by atoms with Crippen LogP contribution in [-0.2, 0) is 4.79 Å². The molecule has 0 aromatic heterocycles. The van der Waals surface area contributed by atoms with E-state index in [9.17, 15) is 4.79 Å². The number of carbonyl (C=O) groups excluding carboxylic acids is 1. The largest absolute Gasteiger partial charge is 0.306 e. The maximum atomic E-state index is 12.0. The summed E-state index contributed by atoms with van der Waals surface area (Å²) in [5.41, 5.74) is 1.24. The fourth-order valence-electron chi connectivity index (χ4n) is 4.08. The van der Waals surface area contributed by atoms with Crippen molar-refractivity contribution < 1.29 is 4.79 Å². The molecule has 144 valence electrons. The molecule has 1 atom stereocenters. The second kappa shape index (κ2) is 7.74. The van der Waals surface area contributed by atoms with Gasteiger partial charge in [0, 0.05) is 12.0 Å². The molecule has 1 saturated heterocycles. The van der Waals surface area contributed by atoms with Crippen LogP contribution in [0.4, 0.5) is 0 Å². The monoisotopic (exact) mass is 415 g/mol. The number of β-lactam (4-membered cyclic amide) rings is 1. The predicted octanol–water partition coefficient (Wildman–Crippen LogP) is 3.97. The van der Waals surface area contributed by atoms with Gasteiger partial charge in [-0.3, -0.25) is 4.79 Å². The number of thioether (sulfide) groups is 1. The zero-order valence-electron chi connectivity index (χ0n) is 16.0. The summed E-state index contributed by atoms with van der Waals surface area (Å²) < 4.78 is 0. The van der Waals surface area contributed by atoms with Crippen molar-refractivity contribution in [2.45, 2.75) is 11.8 Å². The smallest absolute Gasteiger partial charge is 0.230 e. The van der Waals surface area contributed by atoms with E-state index in [0.717, 1.165) is 5.75 Å². The standard InChI is InChI=1S/C25H22NOPS/c27-24-16-25-26(24)17-20(19-29-25)18-28(21-10-4-1-5-11-21,22-12-6-2-7-13-22)23-14-8-3-9-15-23/h1-15,17-18,25H,16,19H2/t25-/m0/s1. The minimum absolute atomic E-state index is 0.233. The highest BCUT2D eigenvalue weighted by molar-refractivity contribution is 8.00. The zero-order chi connectivity index (χ0) is 19.7. The number of amides is 1. The Bertz CT molecular complexity index is 1010. The number of hydrogen-bond donors (Lipinski definition) is 0. The van der Waals surface area contributed by atoms with Gasteiger partial charge in [0.25, 0.3) is 0 Å². The third-order valence-electron chi connectivity index (χ3n) is 5.54. The van der Waals surface area contributed by atoms with E-state index in [4.69, 9.17) is 0 Å². The number of benzene rings is 3. The molecule has 3 aromatic carbocycles. The molecule has 3 aromatic rings. The highest BCUT2D eigenvalue weighted by Crippen LogP contribution is 2.46. The summed E-state index contributed by atoms with van der Waals surface area (Å²) >= 11 is 1.87. The Morgan fingerprint density at radius 1 is 0.793 bits per heavy atom. The molecule has 2 heterocycles. The molecule has 29 heavy (non-hydrogen) atoms. The first kappa shape index (κ1) is 18.5. The molecule has 5 rings (SSSR count). The van der Waals surface area contributed by atoms with Gasteiger partial charge in [-0.1, -0.05) is 91.0 Å². The van der Waals surface area contributed by atoms with Gasteiger partial charge in [-0.25, -0.2) is 0 Å². The normalized spacial score (nSPS) is 18.5. The molecule has 0 aliphatic carbocycles. The van der Waals surface area contributed by atoms with Crippen molar-refractivity contribution >= 4 is 46.3 Å². The topological polar surface area (TPSA) is 20.3 Å². The van der Waals surface area contributed by atoms with Gasteiger partial charge in [0.05, 0.1) is 11.8 Å². The van der Waals surface area contributed by atoms with Gasteiger partial charge in [0.1, 0.15) is 0 Å². The second-order valence-electron chi connectivity index (χ2n) is 7.33. The van der Waals surface area contributed by atoms with Crippen LogP contribution in [0.15, 0.2) is 103 Å². The van der Waals surface area contributed by atoms with E-state index in [0.29, 0.717) is 11.8 Å². The van der Waals surface area contributed by atoms with Gasteiger partial charge >= 0.3 is 0 Å². The number of fused-ring (bicyclic) bond motifs is 1. The van der Waals surface area contributed by atoms with Crippen LogP contribution < -0.4 is 15.9 Å². The average Bonchev–Trinajstić information content (AvgIpc) is 2.79. The van der Waals surface area contributed by atoms with E-state index < -0.39 is 6.89 Å².